The van der Waals surface area contributed by atoms with E-state index in [0.29, 0.717) is 0 Å². The third kappa shape index (κ3) is 4.01. The number of ether oxygens (including phenoxy) is 1. The fraction of sp³-hybridized carbons (Fsp3) is 1.00. The first-order valence-electron chi connectivity index (χ1n) is 6.22. The standard InChI is InChI=1S/C12H26N2O2/c1-5-14-6-7-16-11(9-14)8-13-12(3,4)10(2)15/h10-11,13,15H,5-9H2,1-4H3. The van der Waals surface area contributed by atoms with E-state index in [-0.39, 0.29) is 17.7 Å². The van der Waals surface area contributed by atoms with Gasteiger partial charge in [0.25, 0.3) is 0 Å². The first-order valence-corrected chi connectivity index (χ1v) is 6.22. The van der Waals surface area contributed by atoms with Crippen LogP contribution in [0, 0.1) is 0 Å². The molecule has 1 rings (SSSR count). The number of nitrogens with zero attached hydrogens (tertiary/aromatic N) is 1. The number of rotatable bonds is 5. The molecule has 1 heterocycles. The highest BCUT2D eigenvalue weighted by atomic mass is 16.5. The molecule has 0 bridgehead atoms. The van der Waals surface area contributed by atoms with Crippen LogP contribution < -0.4 is 5.32 Å². The largest absolute Gasteiger partial charge is 0.392 e. The predicted molar refractivity (Wildman–Crippen MR) is 65.6 cm³/mol. The minimum atomic E-state index is -0.363. The van der Waals surface area contributed by atoms with Crippen molar-refractivity contribution in [1.82, 2.24) is 10.2 Å². The van der Waals surface area contributed by atoms with Crippen LogP contribution in [0.15, 0.2) is 0 Å². The fourth-order valence-electron chi connectivity index (χ4n) is 1.72. The van der Waals surface area contributed by atoms with Gasteiger partial charge in [-0.05, 0) is 27.3 Å². The fourth-order valence-corrected chi connectivity index (χ4v) is 1.72. The van der Waals surface area contributed by atoms with Crippen LogP contribution in [0.5, 0.6) is 0 Å². The first kappa shape index (κ1) is 13.9. The maximum Gasteiger partial charge on any atom is 0.0826 e. The second-order valence-electron chi connectivity index (χ2n) is 5.16. The minimum absolute atomic E-state index is 0.242. The number of aliphatic hydroxyl groups excluding tert-OH is 1. The molecule has 0 amide bonds. The Bertz CT molecular complexity index is 207. The van der Waals surface area contributed by atoms with Crippen molar-refractivity contribution in [2.75, 3.05) is 32.8 Å². The number of hydrogen-bond acceptors (Lipinski definition) is 4. The molecule has 1 aliphatic rings. The summed E-state index contributed by atoms with van der Waals surface area (Å²) in [4.78, 5) is 2.39. The zero-order chi connectivity index (χ0) is 12.2. The van der Waals surface area contributed by atoms with Crippen LogP contribution >= 0.6 is 0 Å². The SMILES string of the molecule is CCN1CCOC(CNC(C)(C)C(C)O)C1. The molecule has 96 valence electrons. The molecule has 16 heavy (non-hydrogen) atoms. The maximum absolute atomic E-state index is 9.59. The Morgan fingerprint density at radius 1 is 1.56 bits per heavy atom. The molecule has 0 radical (unpaired) electrons. The van der Waals surface area contributed by atoms with E-state index in [0.717, 1.165) is 32.8 Å². The Morgan fingerprint density at radius 3 is 2.81 bits per heavy atom. The van der Waals surface area contributed by atoms with Crippen molar-refractivity contribution in [2.24, 2.45) is 0 Å². The molecule has 2 atom stereocenters. The minimum Gasteiger partial charge on any atom is -0.392 e. The van der Waals surface area contributed by atoms with E-state index >= 15 is 0 Å². The molecule has 0 saturated carbocycles. The molecule has 0 aromatic carbocycles. The summed E-state index contributed by atoms with van der Waals surface area (Å²) in [6.45, 7) is 12.7. The van der Waals surface area contributed by atoms with Crippen molar-refractivity contribution >= 4 is 0 Å². The number of aliphatic hydroxyl groups is 1. The molecule has 4 heteroatoms. The lowest BCUT2D eigenvalue weighted by atomic mass is 9.98. The molecule has 2 N–H and O–H groups in total. The monoisotopic (exact) mass is 230 g/mol. The Morgan fingerprint density at radius 2 is 2.25 bits per heavy atom. The zero-order valence-electron chi connectivity index (χ0n) is 11.0. The Balaban J connectivity index is 2.32. The van der Waals surface area contributed by atoms with Crippen LogP contribution in [-0.2, 0) is 4.74 Å². The van der Waals surface area contributed by atoms with Crippen LogP contribution in [0.4, 0.5) is 0 Å². The van der Waals surface area contributed by atoms with Gasteiger partial charge in [0.1, 0.15) is 0 Å². The summed E-state index contributed by atoms with van der Waals surface area (Å²) in [6.07, 6.45) is -0.120. The highest BCUT2D eigenvalue weighted by Gasteiger charge is 2.26. The quantitative estimate of drug-likeness (QED) is 0.720. The van der Waals surface area contributed by atoms with Gasteiger partial charge in [-0.1, -0.05) is 6.92 Å². The Labute approximate surface area is 99.0 Å². The molecule has 0 spiro atoms. The molecule has 4 nitrogen and oxygen atoms in total. The third-order valence-electron chi connectivity index (χ3n) is 3.50. The molecular weight excluding hydrogens is 204 g/mol. The van der Waals surface area contributed by atoms with Crippen molar-refractivity contribution in [3.8, 4) is 0 Å². The maximum atomic E-state index is 9.59. The molecule has 0 aromatic heterocycles. The summed E-state index contributed by atoms with van der Waals surface area (Å²) in [5.41, 5.74) is -0.252. The lowest BCUT2D eigenvalue weighted by molar-refractivity contribution is -0.0317. The highest BCUT2D eigenvalue weighted by molar-refractivity contribution is 4.85. The number of morpholine rings is 1. The van der Waals surface area contributed by atoms with E-state index in [1.165, 1.54) is 0 Å². The van der Waals surface area contributed by atoms with Gasteiger partial charge in [-0.2, -0.15) is 0 Å². The van der Waals surface area contributed by atoms with Gasteiger partial charge in [0, 0.05) is 25.2 Å². The number of hydrogen-bond donors (Lipinski definition) is 2. The average Bonchev–Trinajstić information content (AvgIpc) is 2.26. The van der Waals surface area contributed by atoms with Gasteiger partial charge in [0.2, 0.25) is 0 Å². The van der Waals surface area contributed by atoms with Crippen LogP contribution in [0.25, 0.3) is 0 Å². The topological polar surface area (TPSA) is 44.7 Å². The third-order valence-corrected chi connectivity index (χ3v) is 3.50. The van der Waals surface area contributed by atoms with E-state index < -0.39 is 0 Å². The van der Waals surface area contributed by atoms with E-state index in [9.17, 15) is 5.11 Å². The Kier molecular flexibility index (Phi) is 5.18. The van der Waals surface area contributed by atoms with Crippen LogP contribution in [0.3, 0.4) is 0 Å². The first-order chi connectivity index (χ1) is 7.45. The van der Waals surface area contributed by atoms with Gasteiger partial charge in [-0.25, -0.2) is 0 Å². The van der Waals surface area contributed by atoms with Crippen molar-refractivity contribution in [3.05, 3.63) is 0 Å². The summed E-state index contributed by atoms with van der Waals surface area (Å²) >= 11 is 0. The van der Waals surface area contributed by atoms with Crippen molar-refractivity contribution in [2.45, 2.75) is 45.4 Å². The normalized spacial score (nSPS) is 25.7. The molecular formula is C12H26N2O2. The average molecular weight is 230 g/mol. The van der Waals surface area contributed by atoms with Gasteiger partial charge in [0.05, 0.1) is 18.8 Å². The highest BCUT2D eigenvalue weighted by Crippen LogP contribution is 2.10. The summed E-state index contributed by atoms with van der Waals surface area (Å²) < 4.78 is 5.70. The van der Waals surface area contributed by atoms with E-state index in [2.05, 4.69) is 17.1 Å². The second-order valence-corrected chi connectivity index (χ2v) is 5.16. The van der Waals surface area contributed by atoms with Crippen molar-refractivity contribution < 1.29 is 9.84 Å². The van der Waals surface area contributed by atoms with Crippen molar-refractivity contribution in [1.29, 1.82) is 0 Å². The molecule has 1 aliphatic heterocycles. The van der Waals surface area contributed by atoms with Gasteiger partial charge in [-0.3, -0.25) is 4.90 Å². The van der Waals surface area contributed by atoms with Crippen LogP contribution in [0.1, 0.15) is 27.7 Å². The predicted octanol–water partition coefficient (Wildman–Crippen LogP) is 0.456. The van der Waals surface area contributed by atoms with Crippen molar-refractivity contribution in [3.63, 3.8) is 0 Å². The lowest BCUT2D eigenvalue weighted by Gasteiger charge is -2.36. The molecule has 0 aliphatic carbocycles. The van der Waals surface area contributed by atoms with E-state index in [1.54, 1.807) is 0 Å². The summed E-state index contributed by atoms with van der Waals surface area (Å²) in [7, 11) is 0. The molecule has 1 fully saturated rings. The van der Waals surface area contributed by atoms with Gasteiger partial charge >= 0.3 is 0 Å². The molecule has 0 aromatic rings. The summed E-state index contributed by atoms with van der Waals surface area (Å²) in [6, 6.07) is 0. The Hall–Kier alpha value is -0.160. The lowest BCUT2D eigenvalue weighted by Crippen LogP contribution is -2.54. The summed E-state index contributed by atoms with van der Waals surface area (Å²) in [5, 5.41) is 13.0. The van der Waals surface area contributed by atoms with Gasteiger partial charge in [-0.15, -0.1) is 0 Å². The van der Waals surface area contributed by atoms with Gasteiger partial charge in [0.15, 0.2) is 0 Å². The number of nitrogens with one attached hydrogen (secondary N) is 1. The number of likely N-dealkylation sites (N-methyl/N-ethyl adjacent to an activating group) is 1. The second kappa shape index (κ2) is 5.96. The zero-order valence-corrected chi connectivity index (χ0v) is 11.0. The van der Waals surface area contributed by atoms with E-state index in [4.69, 9.17) is 4.74 Å². The van der Waals surface area contributed by atoms with E-state index in [1.807, 2.05) is 20.8 Å². The molecule has 2 unspecified atom stereocenters. The summed E-state index contributed by atoms with van der Waals surface area (Å²) in [5.74, 6) is 0. The smallest absolute Gasteiger partial charge is 0.0826 e. The molecule has 1 saturated heterocycles. The van der Waals surface area contributed by atoms with Crippen LogP contribution in [-0.4, -0.2) is 60.5 Å². The van der Waals surface area contributed by atoms with Gasteiger partial charge < -0.3 is 15.2 Å². The van der Waals surface area contributed by atoms with Crippen LogP contribution in [0.2, 0.25) is 0 Å².